The van der Waals surface area contributed by atoms with E-state index in [4.69, 9.17) is 4.42 Å². The van der Waals surface area contributed by atoms with E-state index in [0.717, 1.165) is 57.9 Å². The topological polar surface area (TPSA) is 37.2 Å². The van der Waals surface area contributed by atoms with E-state index in [9.17, 15) is 8.78 Å². The molecule has 0 atom stereocenters. The maximum absolute atomic E-state index is 13.1. The summed E-state index contributed by atoms with van der Waals surface area (Å²) in [7, 11) is 0. The van der Waals surface area contributed by atoms with Crippen molar-refractivity contribution in [1.29, 1.82) is 0 Å². The molecule has 0 aliphatic heterocycles. The molecule has 1 aliphatic rings. The largest absolute Gasteiger partial charge is 0.460 e. The van der Waals surface area contributed by atoms with Gasteiger partial charge in [0.05, 0.1) is 0 Å². The van der Waals surface area contributed by atoms with Crippen molar-refractivity contribution >= 4 is 34.1 Å². The number of hydrogen-bond acceptors (Lipinski definition) is 3. The Labute approximate surface area is 166 Å². The second-order valence-electron chi connectivity index (χ2n) is 7.08. The lowest BCUT2D eigenvalue weighted by Crippen LogP contribution is -2.05. The highest BCUT2D eigenvalue weighted by atomic mass is 19.1. The molecule has 0 saturated heterocycles. The maximum atomic E-state index is 13.1. The molecule has 29 heavy (non-hydrogen) atoms. The van der Waals surface area contributed by atoms with Gasteiger partial charge in [-0.2, -0.15) is 0 Å². The molecule has 0 saturated carbocycles. The second kappa shape index (κ2) is 7.09. The Morgan fingerprint density at radius 1 is 0.690 bits per heavy atom. The van der Waals surface area contributed by atoms with E-state index < -0.39 is 0 Å². The van der Waals surface area contributed by atoms with E-state index in [-0.39, 0.29) is 11.6 Å². The number of benzene rings is 3. The van der Waals surface area contributed by atoms with E-state index in [1.807, 2.05) is 18.2 Å². The summed E-state index contributed by atoms with van der Waals surface area (Å²) in [6, 6.07) is 18.5. The zero-order chi connectivity index (χ0) is 19.8. The summed E-state index contributed by atoms with van der Waals surface area (Å²) < 4.78 is 32.3. The molecule has 4 aromatic rings. The standard InChI is InChI=1S/C24H18F2N2O/c25-15-1-5-17(6-2-15)27-19-9-11-23-21(13-19)22-14-20(10-12-24(22)29-23)28-18-7-3-16(26)4-8-18/h1-9,11,13-14,27-28H,10,12H2. The van der Waals surface area contributed by atoms with Crippen LogP contribution in [0.4, 0.5) is 25.8 Å². The average Bonchev–Trinajstić information content (AvgIpc) is 3.09. The van der Waals surface area contributed by atoms with Crippen LogP contribution in [0.2, 0.25) is 0 Å². The molecule has 0 amide bonds. The number of nitrogens with one attached hydrogen (secondary N) is 2. The molecule has 5 rings (SSSR count). The molecule has 144 valence electrons. The predicted molar refractivity (Wildman–Crippen MR) is 112 cm³/mol. The summed E-state index contributed by atoms with van der Waals surface area (Å²) in [5.41, 5.74) is 5.52. The van der Waals surface area contributed by atoms with Crippen LogP contribution in [-0.2, 0) is 6.42 Å². The Hall–Kier alpha value is -3.60. The van der Waals surface area contributed by atoms with Gasteiger partial charge in [-0.05, 0) is 79.2 Å². The van der Waals surface area contributed by atoms with E-state index >= 15 is 0 Å². The first-order chi connectivity index (χ1) is 14.1. The van der Waals surface area contributed by atoms with Gasteiger partial charge in [0.15, 0.2) is 0 Å². The molecule has 0 bridgehead atoms. The van der Waals surface area contributed by atoms with E-state index in [2.05, 4.69) is 16.7 Å². The number of furan rings is 1. The zero-order valence-electron chi connectivity index (χ0n) is 15.5. The fourth-order valence-electron chi connectivity index (χ4n) is 3.60. The number of rotatable bonds is 4. The molecule has 0 unspecified atom stereocenters. The molecule has 1 aromatic heterocycles. The van der Waals surface area contributed by atoms with Crippen LogP contribution in [0.15, 0.2) is 76.8 Å². The normalized spacial score (nSPS) is 13.1. The molecule has 0 fully saturated rings. The Balaban J connectivity index is 1.46. The van der Waals surface area contributed by atoms with Crippen LogP contribution in [0, 0.1) is 11.6 Å². The molecular formula is C24H18F2N2O. The number of halogens is 2. The SMILES string of the molecule is Fc1ccc(NC2=Cc3c(oc4ccc(Nc5ccc(F)cc5)cc34)CC2)cc1. The van der Waals surface area contributed by atoms with Crippen molar-refractivity contribution in [1.82, 2.24) is 0 Å². The summed E-state index contributed by atoms with van der Waals surface area (Å²) >= 11 is 0. The second-order valence-corrected chi connectivity index (χ2v) is 7.08. The van der Waals surface area contributed by atoms with Gasteiger partial charge in [0.2, 0.25) is 0 Å². The summed E-state index contributed by atoms with van der Waals surface area (Å²) in [6.45, 7) is 0. The van der Waals surface area contributed by atoms with Gasteiger partial charge in [-0.15, -0.1) is 0 Å². The first kappa shape index (κ1) is 17.5. The summed E-state index contributed by atoms with van der Waals surface area (Å²) in [6.07, 6.45) is 3.71. The molecule has 3 nitrogen and oxygen atoms in total. The lowest BCUT2D eigenvalue weighted by atomic mass is 9.99. The number of anilines is 3. The Kier molecular flexibility index (Phi) is 4.28. The lowest BCUT2D eigenvalue weighted by Gasteiger charge is -2.15. The molecular weight excluding hydrogens is 370 g/mol. The molecule has 1 heterocycles. The highest BCUT2D eigenvalue weighted by Crippen LogP contribution is 2.35. The highest BCUT2D eigenvalue weighted by Gasteiger charge is 2.18. The number of hydrogen-bond donors (Lipinski definition) is 2. The van der Waals surface area contributed by atoms with Crippen LogP contribution >= 0.6 is 0 Å². The quantitative estimate of drug-likeness (QED) is 0.401. The first-order valence-electron chi connectivity index (χ1n) is 9.45. The monoisotopic (exact) mass is 388 g/mol. The van der Waals surface area contributed by atoms with E-state index in [0.29, 0.717) is 0 Å². The smallest absolute Gasteiger partial charge is 0.135 e. The number of fused-ring (bicyclic) bond motifs is 3. The lowest BCUT2D eigenvalue weighted by molar-refractivity contribution is 0.543. The summed E-state index contributed by atoms with van der Waals surface area (Å²) in [5, 5.41) is 7.68. The molecule has 0 spiro atoms. The fourth-order valence-corrected chi connectivity index (χ4v) is 3.60. The molecule has 0 radical (unpaired) electrons. The minimum atomic E-state index is -0.263. The van der Waals surface area contributed by atoms with Crippen LogP contribution in [-0.4, -0.2) is 0 Å². The fraction of sp³-hybridized carbons (Fsp3) is 0.0833. The van der Waals surface area contributed by atoms with Crippen molar-refractivity contribution in [2.24, 2.45) is 0 Å². The number of aryl methyl sites for hydroxylation is 1. The van der Waals surface area contributed by atoms with Crippen LogP contribution in [0.3, 0.4) is 0 Å². The van der Waals surface area contributed by atoms with Crippen molar-refractivity contribution in [3.63, 3.8) is 0 Å². The van der Waals surface area contributed by atoms with Gasteiger partial charge in [-0.25, -0.2) is 8.78 Å². The van der Waals surface area contributed by atoms with Crippen molar-refractivity contribution in [3.8, 4) is 0 Å². The minimum Gasteiger partial charge on any atom is -0.460 e. The van der Waals surface area contributed by atoms with Gasteiger partial charge in [0.25, 0.3) is 0 Å². The maximum Gasteiger partial charge on any atom is 0.135 e. The van der Waals surface area contributed by atoms with Crippen molar-refractivity contribution in [3.05, 3.63) is 95.4 Å². The summed E-state index contributed by atoms with van der Waals surface area (Å²) in [5.74, 6) is 0.447. The van der Waals surface area contributed by atoms with Gasteiger partial charge in [0.1, 0.15) is 23.0 Å². The molecule has 1 aliphatic carbocycles. The molecule has 5 heteroatoms. The number of allylic oxidation sites excluding steroid dienone is 1. The third-order valence-corrected chi connectivity index (χ3v) is 5.03. The third-order valence-electron chi connectivity index (χ3n) is 5.03. The Morgan fingerprint density at radius 2 is 1.31 bits per heavy atom. The minimum absolute atomic E-state index is 0.252. The van der Waals surface area contributed by atoms with Gasteiger partial charge in [0, 0.05) is 40.1 Å². The van der Waals surface area contributed by atoms with Crippen LogP contribution in [0.5, 0.6) is 0 Å². The first-order valence-corrected chi connectivity index (χ1v) is 9.45. The Bertz CT molecular complexity index is 1210. The average molecular weight is 388 g/mol. The van der Waals surface area contributed by atoms with Gasteiger partial charge in [-0.1, -0.05) is 0 Å². The predicted octanol–water partition coefficient (Wildman–Crippen LogP) is 6.85. The highest BCUT2D eigenvalue weighted by molar-refractivity contribution is 5.92. The van der Waals surface area contributed by atoms with Gasteiger partial charge >= 0.3 is 0 Å². The van der Waals surface area contributed by atoms with Crippen LogP contribution in [0.1, 0.15) is 17.7 Å². The van der Waals surface area contributed by atoms with Crippen molar-refractivity contribution in [2.75, 3.05) is 10.6 Å². The van der Waals surface area contributed by atoms with E-state index in [1.165, 1.54) is 24.3 Å². The zero-order valence-corrected chi connectivity index (χ0v) is 15.5. The Morgan fingerprint density at radius 3 is 2.00 bits per heavy atom. The van der Waals surface area contributed by atoms with Gasteiger partial charge in [-0.3, -0.25) is 0 Å². The molecule has 2 N–H and O–H groups in total. The van der Waals surface area contributed by atoms with Gasteiger partial charge < -0.3 is 15.1 Å². The molecule has 3 aromatic carbocycles. The van der Waals surface area contributed by atoms with Crippen LogP contribution in [0.25, 0.3) is 17.0 Å². The van der Waals surface area contributed by atoms with E-state index in [1.54, 1.807) is 24.3 Å². The third kappa shape index (κ3) is 3.59. The van der Waals surface area contributed by atoms with Crippen molar-refractivity contribution < 1.29 is 13.2 Å². The van der Waals surface area contributed by atoms with Crippen molar-refractivity contribution in [2.45, 2.75) is 12.8 Å². The van der Waals surface area contributed by atoms with Crippen LogP contribution < -0.4 is 10.6 Å². The summed E-state index contributed by atoms with van der Waals surface area (Å²) in [4.78, 5) is 0.